The Balaban J connectivity index is 2.18. The molecular formula is C15H18N2O2. The van der Waals surface area contributed by atoms with Crippen molar-refractivity contribution in [3.8, 4) is 17.2 Å². The second kappa shape index (κ2) is 6.75. The van der Waals surface area contributed by atoms with Crippen LogP contribution in [-0.4, -0.2) is 18.6 Å². The predicted octanol–water partition coefficient (Wildman–Crippen LogP) is 2.99. The van der Waals surface area contributed by atoms with E-state index in [1.807, 2.05) is 44.3 Å². The van der Waals surface area contributed by atoms with Crippen LogP contribution in [0.5, 0.6) is 17.2 Å². The number of aromatic nitrogens is 1. The van der Waals surface area contributed by atoms with Crippen LogP contribution in [0.25, 0.3) is 0 Å². The molecule has 0 saturated heterocycles. The molecule has 1 aromatic heterocycles. The van der Waals surface area contributed by atoms with E-state index in [0.29, 0.717) is 13.2 Å². The summed E-state index contributed by atoms with van der Waals surface area (Å²) >= 11 is 0. The van der Waals surface area contributed by atoms with Gasteiger partial charge in [0.1, 0.15) is 17.2 Å². The zero-order valence-electron chi connectivity index (χ0n) is 11.2. The summed E-state index contributed by atoms with van der Waals surface area (Å²) in [5.41, 5.74) is 1.02. The molecule has 0 aliphatic carbocycles. The maximum atomic E-state index is 5.89. The number of benzene rings is 1. The van der Waals surface area contributed by atoms with E-state index in [1.165, 1.54) is 0 Å². The van der Waals surface area contributed by atoms with Gasteiger partial charge in [-0.25, -0.2) is 0 Å². The van der Waals surface area contributed by atoms with Gasteiger partial charge in [0, 0.05) is 30.6 Å². The minimum Gasteiger partial charge on any atom is -0.494 e. The Labute approximate surface area is 113 Å². The summed E-state index contributed by atoms with van der Waals surface area (Å²) in [6.07, 6.45) is 3.53. The third kappa shape index (κ3) is 3.69. The molecule has 19 heavy (non-hydrogen) atoms. The molecule has 100 valence electrons. The van der Waals surface area contributed by atoms with Crippen LogP contribution in [0.2, 0.25) is 0 Å². The standard InChI is InChI=1S/C15H18N2O2/c1-3-18-13-5-4-6-14(9-13)19-15-7-8-17-11-12(15)10-16-2/h4-9,11,16H,3,10H2,1-2H3. The number of rotatable bonds is 6. The van der Waals surface area contributed by atoms with Crippen LogP contribution >= 0.6 is 0 Å². The number of hydrogen-bond acceptors (Lipinski definition) is 4. The van der Waals surface area contributed by atoms with E-state index in [1.54, 1.807) is 12.4 Å². The SMILES string of the molecule is CCOc1cccc(Oc2ccncc2CNC)c1. The molecule has 0 fully saturated rings. The van der Waals surface area contributed by atoms with Gasteiger partial charge in [0.15, 0.2) is 0 Å². The number of pyridine rings is 1. The summed E-state index contributed by atoms with van der Waals surface area (Å²) in [6, 6.07) is 9.48. The fourth-order valence-electron chi connectivity index (χ4n) is 1.76. The molecule has 1 aromatic carbocycles. The van der Waals surface area contributed by atoms with Gasteiger partial charge >= 0.3 is 0 Å². The average Bonchev–Trinajstić information content (AvgIpc) is 2.42. The summed E-state index contributed by atoms with van der Waals surface area (Å²) in [4.78, 5) is 4.11. The number of hydrogen-bond donors (Lipinski definition) is 1. The molecule has 0 radical (unpaired) electrons. The molecule has 2 rings (SSSR count). The van der Waals surface area contributed by atoms with Crippen LogP contribution in [-0.2, 0) is 6.54 Å². The molecule has 0 saturated carbocycles. The maximum absolute atomic E-state index is 5.89. The Kier molecular flexibility index (Phi) is 4.75. The van der Waals surface area contributed by atoms with Crippen LogP contribution in [0.3, 0.4) is 0 Å². The molecule has 0 bridgehead atoms. The van der Waals surface area contributed by atoms with E-state index >= 15 is 0 Å². The number of nitrogens with zero attached hydrogens (tertiary/aromatic N) is 1. The zero-order chi connectivity index (χ0) is 13.5. The topological polar surface area (TPSA) is 43.4 Å². The molecule has 1 N–H and O–H groups in total. The Morgan fingerprint density at radius 2 is 2.05 bits per heavy atom. The van der Waals surface area contributed by atoms with Crippen LogP contribution in [0.1, 0.15) is 12.5 Å². The molecule has 0 spiro atoms. The predicted molar refractivity (Wildman–Crippen MR) is 74.7 cm³/mol. The van der Waals surface area contributed by atoms with Gasteiger partial charge in [-0.05, 0) is 32.2 Å². The third-order valence-corrected chi connectivity index (χ3v) is 2.57. The van der Waals surface area contributed by atoms with Crippen molar-refractivity contribution in [1.82, 2.24) is 10.3 Å². The summed E-state index contributed by atoms with van der Waals surface area (Å²) in [6.45, 7) is 3.32. The first kappa shape index (κ1) is 13.4. The monoisotopic (exact) mass is 258 g/mol. The molecule has 4 nitrogen and oxygen atoms in total. The molecule has 2 aromatic rings. The highest BCUT2D eigenvalue weighted by Gasteiger charge is 2.05. The summed E-state index contributed by atoms with van der Waals surface area (Å²) in [7, 11) is 1.90. The van der Waals surface area contributed by atoms with Gasteiger partial charge in [0.05, 0.1) is 6.61 Å². The maximum Gasteiger partial charge on any atom is 0.134 e. The van der Waals surface area contributed by atoms with Crippen molar-refractivity contribution in [2.75, 3.05) is 13.7 Å². The second-order valence-electron chi connectivity index (χ2n) is 4.02. The number of nitrogens with one attached hydrogen (secondary N) is 1. The zero-order valence-corrected chi connectivity index (χ0v) is 11.2. The first-order chi connectivity index (χ1) is 9.33. The Morgan fingerprint density at radius 3 is 2.84 bits per heavy atom. The van der Waals surface area contributed by atoms with Crippen molar-refractivity contribution in [3.05, 3.63) is 48.3 Å². The quantitative estimate of drug-likeness (QED) is 0.865. The molecular weight excluding hydrogens is 240 g/mol. The van der Waals surface area contributed by atoms with E-state index < -0.39 is 0 Å². The van der Waals surface area contributed by atoms with Crippen LogP contribution in [0, 0.1) is 0 Å². The first-order valence-electron chi connectivity index (χ1n) is 6.31. The van der Waals surface area contributed by atoms with Crippen molar-refractivity contribution in [2.45, 2.75) is 13.5 Å². The molecule has 0 aliphatic heterocycles. The Hall–Kier alpha value is -2.07. The van der Waals surface area contributed by atoms with E-state index in [9.17, 15) is 0 Å². The van der Waals surface area contributed by atoms with E-state index in [-0.39, 0.29) is 0 Å². The van der Waals surface area contributed by atoms with Gasteiger partial charge in [-0.15, -0.1) is 0 Å². The largest absolute Gasteiger partial charge is 0.494 e. The van der Waals surface area contributed by atoms with Gasteiger partial charge in [-0.3, -0.25) is 4.98 Å². The molecule has 4 heteroatoms. The summed E-state index contributed by atoms with van der Waals surface area (Å²) < 4.78 is 11.3. The van der Waals surface area contributed by atoms with Gasteiger partial charge < -0.3 is 14.8 Å². The van der Waals surface area contributed by atoms with E-state index in [2.05, 4.69) is 10.3 Å². The number of ether oxygens (including phenoxy) is 2. The molecule has 1 heterocycles. The molecule has 0 atom stereocenters. The highest BCUT2D eigenvalue weighted by Crippen LogP contribution is 2.27. The lowest BCUT2D eigenvalue weighted by Gasteiger charge is -2.11. The molecule has 0 aliphatic rings. The smallest absolute Gasteiger partial charge is 0.134 e. The van der Waals surface area contributed by atoms with Crippen molar-refractivity contribution >= 4 is 0 Å². The second-order valence-corrected chi connectivity index (χ2v) is 4.02. The van der Waals surface area contributed by atoms with Gasteiger partial charge in [-0.2, -0.15) is 0 Å². The van der Waals surface area contributed by atoms with Crippen LogP contribution in [0.4, 0.5) is 0 Å². The minimum absolute atomic E-state index is 0.643. The molecule has 0 amide bonds. The summed E-state index contributed by atoms with van der Waals surface area (Å²) in [5, 5.41) is 3.10. The average molecular weight is 258 g/mol. The fraction of sp³-hybridized carbons (Fsp3) is 0.267. The third-order valence-electron chi connectivity index (χ3n) is 2.57. The van der Waals surface area contributed by atoms with Crippen molar-refractivity contribution in [3.63, 3.8) is 0 Å². The Morgan fingerprint density at radius 1 is 1.21 bits per heavy atom. The highest BCUT2D eigenvalue weighted by molar-refractivity contribution is 5.39. The lowest BCUT2D eigenvalue weighted by molar-refractivity contribution is 0.338. The van der Waals surface area contributed by atoms with Crippen molar-refractivity contribution in [2.24, 2.45) is 0 Å². The van der Waals surface area contributed by atoms with Gasteiger partial charge in [-0.1, -0.05) is 6.07 Å². The lowest BCUT2D eigenvalue weighted by atomic mass is 10.2. The minimum atomic E-state index is 0.643. The highest BCUT2D eigenvalue weighted by atomic mass is 16.5. The van der Waals surface area contributed by atoms with Crippen molar-refractivity contribution in [1.29, 1.82) is 0 Å². The Bertz CT molecular complexity index is 529. The van der Waals surface area contributed by atoms with Crippen molar-refractivity contribution < 1.29 is 9.47 Å². The molecule has 0 unspecified atom stereocenters. The van der Waals surface area contributed by atoms with E-state index in [0.717, 1.165) is 22.8 Å². The summed E-state index contributed by atoms with van der Waals surface area (Å²) in [5.74, 6) is 2.37. The van der Waals surface area contributed by atoms with Crippen LogP contribution < -0.4 is 14.8 Å². The van der Waals surface area contributed by atoms with Crippen LogP contribution in [0.15, 0.2) is 42.7 Å². The fourth-order valence-corrected chi connectivity index (χ4v) is 1.76. The van der Waals surface area contributed by atoms with Gasteiger partial charge in [0.2, 0.25) is 0 Å². The first-order valence-corrected chi connectivity index (χ1v) is 6.31. The lowest BCUT2D eigenvalue weighted by Crippen LogP contribution is -2.06. The van der Waals surface area contributed by atoms with Gasteiger partial charge in [0.25, 0.3) is 0 Å². The van der Waals surface area contributed by atoms with E-state index in [4.69, 9.17) is 9.47 Å². The normalized spacial score (nSPS) is 10.2.